The molecule has 1 aliphatic rings. The Kier molecular flexibility index (Phi) is 5.68. The molecule has 0 radical (unpaired) electrons. The van der Waals surface area contributed by atoms with E-state index in [4.69, 9.17) is 10.5 Å². The van der Waals surface area contributed by atoms with E-state index in [1.54, 1.807) is 0 Å². The first-order valence-electron chi connectivity index (χ1n) is 5.87. The first kappa shape index (κ1) is 13.9. The van der Waals surface area contributed by atoms with E-state index in [0.29, 0.717) is 6.61 Å². The zero-order valence-corrected chi connectivity index (χ0v) is 10.6. The van der Waals surface area contributed by atoms with Crippen LogP contribution in [0, 0.1) is 0 Å². The van der Waals surface area contributed by atoms with E-state index in [1.807, 2.05) is 6.92 Å². The zero-order valence-electron chi connectivity index (χ0n) is 9.81. The Balaban J connectivity index is 2.29. The Hall–Kier alpha value is -0.170. The van der Waals surface area contributed by atoms with E-state index >= 15 is 0 Å². The molecule has 0 atom stereocenters. The number of rotatable bonds is 6. The van der Waals surface area contributed by atoms with Crippen LogP contribution in [0.3, 0.4) is 0 Å². The second-order valence-electron chi connectivity index (χ2n) is 4.25. The van der Waals surface area contributed by atoms with Crippen LogP contribution in [0.4, 0.5) is 0 Å². The maximum absolute atomic E-state index is 11.6. The summed E-state index contributed by atoms with van der Waals surface area (Å²) in [5.74, 6) is 0.0450. The van der Waals surface area contributed by atoms with Crippen molar-refractivity contribution in [2.45, 2.75) is 44.7 Å². The number of nitrogens with two attached hydrogens (primary N) is 1. The fourth-order valence-electron chi connectivity index (χ4n) is 1.86. The molecule has 5 nitrogen and oxygen atoms in total. The predicted octanol–water partition coefficient (Wildman–Crippen LogP) is 0.212. The third kappa shape index (κ3) is 5.25. The average Bonchev–Trinajstić information content (AvgIpc) is 2.21. The van der Waals surface area contributed by atoms with Gasteiger partial charge < -0.3 is 10.5 Å². The molecule has 0 heterocycles. The summed E-state index contributed by atoms with van der Waals surface area (Å²) in [5, 5.41) is 0. The highest BCUT2D eigenvalue weighted by atomic mass is 32.2. The monoisotopic (exact) mass is 250 g/mol. The molecule has 0 aromatic rings. The second-order valence-corrected chi connectivity index (χ2v) is 6.12. The van der Waals surface area contributed by atoms with Crippen LogP contribution in [0.2, 0.25) is 0 Å². The molecule has 0 aliphatic heterocycles. The quantitative estimate of drug-likeness (QED) is 0.660. The lowest BCUT2D eigenvalue weighted by molar-refractivity contribution is 0.163. The van der Waals surface area contributed by atoms with Gasteiger partial charge in [-0.3, -0.25) is 0 Å². The Labute approximate surface area is 97.8 Å². The third-order valence-corrected chi connectivity index (χ3v) is 4.22. The Bertz CT molecular complexity index is 284. The van der Waals surface area contributed by atoms with Crippen molar-refractivity contribution in [3.05, 3.63) is 0 Å². The van der Waals surface area contributed by atoms with Gasteiger partial charge in [0.15, 0.2) is 0 Å². The molecule has 0 aromatic heterocycles. The summed E-state index contributed by atoms with van der Waals surface area (Å²) in [6.07, 6.45) is 3.49. The van der Waals surface area contributed by atoms with Crippen LogP contribution in [0.1, 0.15) is 32.6 Å². The highest BCUT2D eigenvalue weighted by Crippen LogP contribution is 2.17. The van der Waals surface area contributed by atoms with Crippen molar-refractivity contribution in [3.8, 4) is 0 Å². The van der Waals surface area contributed by atoms with Crippen molar-refractivity contribution < 1.29 is 13.2 Å². The fraction of sp³-hybridized carbons (Fsp3) is 1.00. The molecule has 6 heteroatoms. The molecular weight excluding hydrogens is 228 g/mol. The van der Waals surface area contributed by atoms with Gasteiger partial charge in [0.25, 0.3) is 0 Å². The summed E-state index contributed by atoms with van der Waals surface area (Å²) >= 11 is 0. The summed E-state index contributed by atoms with van der Waals surface area (Å²) in [7, 11) is -3.19. The van der Waals surface area contributed by atoms with Gasteiger partial charge in [-0.15, -0.1) is 0 Å². The van der Waals surface area contributed by atoms with Crippen LogP contribution in [-0.4, -0.2) is 39.5 Å². The SMILES string of the molecule is CCOCCS(=O)(=O)NC1CCC(N)CC1. The molecule has 1 fully saturated rings. The summed E-state index contributed by atoms with van der Waals surface area (Å²) in [6.45, 7) is 2.66. The Morgan fingerprint density at radius 3 is 2.50 bits per heavy atom. The molecule has 3 N–H and O–H groups in total. The van der Waals surface area contributed by atoms with Crippen molar-refractivity contribution >= 4 is 10.0 Å². The molecule has 96 valence electrons. The molecule has 0 bridgehead atoms. The van der Waals surface area contributed by atoms with E-state index in [2.05, 4.69) is 4.72 Å². The van der Waals surface area contributed by atoms with Gasteiger partial charge in [0.1, 0.15) is 0 Å². The lowest BCUT2D eigenvalue weighted by Gasteiger charge is -2.26. The first-order valence-corrected chi connectivity index (χ1v) is 7.52. The number of hydrogen-bond acceptors (Lipinski definition) is 4. The van der Waals surface area contributed by atoms with Crippen LogP contribution >= 0.6 is 0 Å². The van der Waals surface area contributed by atoms with Crippen molar-refractivity contribution in [2.75, 3.05) is 19.0 Å². The summed E-state index contributed by atoms with van der Waals surface area (Å²) in [4.78, 5) is 0. The summed E-state index contributed by atoms with van der Waals surface area (Å²) in [6, 6.07) is 0.301. The lowest BCUT2D eigenvalue weighted by Crippen LogP contribution is -2.41. The number of nitrogens with one attached hydrogen (secondary N) is 1. The average molecular weight is 250 g/mol. The first-order chi connectivity index (χ1) is 7.53. The lowest BCUT2D eigenvalue weighted by atomic mass is 9.93. The molecular formula is C10H22N2O3S. The maximum atomic E-state index is 11.6. The number of hydrogen-bond donors (Lipinski definition) is 2. The molecule has 0 amide bonds. The number of ether oxygens (including phenoxy) is 1. The molecule has 16 heavy (non-hydrogen) atoms. The Morgan fingerprint density at radius 1 is 1.31 bits per heavy atom. The van der Waals surface area contributed by atoms with E-state index in [-0.39, 0.29) is 24.4 Å². The van der Waals surface area contributed by atoms with E-state index in [1.165, 1.54) is 0 Å². The molecule has 1 rings (SSSR count). The molecule has 0 aromatic carbocycles. The fourth-order valence-corrected chi connectivity index (χ4v) is 3.06. The topological polar surface area (TPSA) is 81.4 Å². The van der Waals surface area contributed by atoms with Crippen LogP contribution in [0.15, 0.2) is 0 Å². The summed E-state index contributed by atoms with van der Waals surface area (Å²) in [5.41, 5.74) is 5.76. The van der Waals surface area contributed by atoms with Gasteiger partial charge in [0.05, 0.1) is 12.4 Å². The number of sulfonamides is 1. The molecule has 1 aliphatic carbocycles. The molecule has 1 saturated carbocycles. The van der Waals surface area contributed by atoms with Gasteiger partial charge in [-0.2, -0.15) is 0 Å². The van der Waals surface area contributed by atoms with E-state index < -0.39 is 10.0 Å². The van der Waals surface area contributed by atoms with Crippen LogP contribution in [0.25, 0.3) is 0 Å². The predicted molar refractivity (Wildman–Crippen MR) is 63.6 cm³/mol. The highest BCUT2D eigenvalue weighted by molar-refractivity contribution is 7.89. The van der Waals surface area contributed by atoms with Gasteiger partial charge in [-0.05, 0) is 32.6 Å². The van der Waals surface area contributed by atoms with Gasteiger partial charge in [-0.25, -0.2) is 13.1 Å². The largest absolute Gasteiger partial charge is 0.381 e. The standard InChI is InChI=1S/C10H22N2O3S/c1-2-15-7-8-16(13,14)12-10-5-3-9(11)4-6-10/h9-10,12H,2-8,11H2,1H3. The smallest absolute Gasteiger partial charge is 0.214 e. The second kappa shape index (κ2) is 6.54. The molecule has 0 saturated heterocycles. The molecule has 0 spiro atoms. The van der Waals surface area contributed by atoms with E-state index in [9.17, 15) is 8.42 Å². The van der Waals surface area contributed by atoms with Gasteiger partial charge in [0.2, 0.25) is 10.0 Å². The minimum absolute atomic E-state index is 0.0450. The summed E-state index contributed by atoms with van der Waals surface area (Å²) < 4.78 is 31.0. The van der Waals surface area contributed by atoms with Crippen LogP contribution in [-0.2, 0) is 14.8 Å². The minimum atomic E-state index is -3.19. The maximum Gasteiger partial charge on any atom is 0.214 e. The van der Waals surface area contributed by atoms with Crippen molar-refractivity contribution in [2.24, 2.45) is 5.73 Å². The normalized spacial score (nSPS) is 26.9. The van der Waals surface area contributed by atoms with Crippen LogP contribution in [0.5, 0.6) is 0 Å². The van der Waals surface area contributed by atoms with Gasteiger partial charge >= 0.3 is 0 Å². The minimum Gasteiger partial charge on any atom is -0.381 e. The van der Waals surface area contributed by atoms with E-state index in [0.717, 1.165) is 25.7 Å². The highest BCUT2D eigenvalue weighted by Gasteiger charge is 2.22. The molecule has 0 unspecified atom stereocenters. The van der Waals surface area contributed by atoms with Crippen LogP contribution < -0.4 is 10.5 Å². The zero-order chi connectivity index (χ0) is 12.0. The van der Waals surface area contributed by atoms with Crippen molar-refractivity contribution in [1.29, 1.82) is 0 Å². The third-order valence-electron chi connectivity index (χ3n) is 2.82. The van der Waals surface area contributed by atoms with Crippen molar-refractivity contribution in [1.82, 2.24) is 4.72 Å². The van der Waals surface area contributed by atoms with Gasteiger partial charge in [0, 0.05) is 18.7 Å². The van der Waals surface area contributed by atoms with Gasteiger partial charge in [-0.1, -0.05) is 0 Å². The Morgan fingerprint density at radius 2 is 1.94 bits per heavy atom. The van der Waals surface area contributed by atoms with Crippen molar-refractivity contribution in [3.63, 3.8) is 0 Å².